The van der Waals surface area contributed by atoms with E-state index in [0.717, 1.165) is 44.3 Å². The lowest BCUT2D eigenvalue weighted by atomic mass is 9.96. The van der Waals surface area contributed by atoms with Crippen LogP contribution in [-0.4, -0.2) is 29.5 Å². The average molecular weight is 471 g/mol. The molecule has 33 heavy (non-hydrogen) atoms. The van der Waals surface area contributed by atoms with E-state index in [-0.39, 0.29) is 17.4 Å². The van der Waals surface area contributed by atoms with Crippen LogP contribution in [0.25, 0.3) is 0 Å². The van der Waals surface area contributed by atoms with Crippen molar-refractivity contribution in [1.29, 1.82) is 0 Å². The Morgan fingerprint density at radius 3 is 2.55 bits per heavy atom. The first-order valence-electron chi connectivity index (χ1n) is 11.6. The number of ether oxygens (including phenoxy) is 2. The van der Waals surface area contributed by atoms with Gasteiger partial charge in [0, 0.05) is 24.0 Å². The molecule has 0 aliphatic carbocycles. The fraction of sp³-hybridized carbons (Fsp3) is 0.444. The molecule has 3 rings (SSSR count). The lowest BCUT2D eigenvalue weighted by Gasteiger charge is -2.36. The second-order valence-corrected chi connectivity index (χ2v) is 9.94. The summed E-state index contributed by atoms with van der Waals surface area (Å²) in [7, 11) is 0. The molecule has 2 aromatic rings. The molecule has 1 N–H and O–H groups in total. The van der Waals surface area contributed by atoms with Gasteiger partial charge < -0.3 is 19.7 Å². The Bertz CT molecular complexity index is 976. The molecule has 5 nitrogen and oxygen atoms in total. The Labute approximate surface area is 202 Å². The summed E-state index contributed by atoms with van der Waals surface area (Å²) in [4.78, 5) is 15.1. The van der Waals surface area contributed by atoms with Crippen molar-refractivity contribution in [2.45, 2.75) is 59.0 Å². The Hall–Kier alpha value is -2.66. The standard InChI is InChI=1S/C27H35ClN2O3/c1-6-9-20-16-22(28)18-23(17-20)32-25-11-8-7-10-24(25)29-26(31)21-12-14-30(15-13-21)19(2)33-27(3,4)5/h7-8,10-11,16-18,21H,2,6,9,12-15H2,1,3-5H3,(H,29,31). The van der Waals surface area contributed by atoms with Crippen molar-refractivity contribution in [2.24, 2.45) is 5.92 Å². The Morgan fingerprint density at radius 2 is 1.88 bits per heavy atom. The maximum absolute atomic E-state index is 13.0. The zero-order valence-corrected chi connectivity index (χ0v) is 20.9. The molecule has 178 valence electrons. The highest BCUT2D eigenvalue weighted by atomic mass is 35.5. The number of aryl methyl sites for hydroxylation is 1. The normalized spacial score (nSPS) is 14.6. The molecule has 0 spiro atoms. The number of nitrogens with one attached hydrogen (secondary N) is 1. The molecule has 0 saturated carbocycles. The van der Waals surface area contributed by atoms with Gasteiger partial charge in [-0.2, -0.15) is 0 Å². The van der Waals surface area contributed by atoms with E-state index in [1.165, 1.54) is 0 Å². The lowest BCUT2D eigenvalue weighted by molar-refractivity contribution is -0.121. The molecule has 2 aromatic carbocycles. The van der Waals surface area contributed by atoms with Crippen molar-refractivity contribution < 1.29 is 14.3 Å². The summed E-state index contributed by atoms with van der Waals surface area (Å²) in [5.74, 6) is 1.87. The van der Waals surface area contributed by atoms with Crippen LogP contribution in [-0.2, 0) is 16.0 Å². The third kappa shape index (κ3) is 7.43. The van der Waals surface area contributed by atoms with Gasteiger partial charge in [-0.1, -0.05) is 37.1 Å². The number of rotatable bonds is 8. The Morgan fingerprint density at radius 1 is 1.18 bits per heavy atom. The van der Waals surface area contributed by atoms with Crippen LogP contribution in [0.5, 0.6) is 11.5 Å². The number of anilines is 1. The van der Waals surface area contributed by atoms with E-state index in [1.54, 1.807) is 6.07 Å². The van der Waals surface area contributed by atoms with E-state index >= 15 is 0 Å². The Balaban J connectivity index is 1.62. The summed E-state index contributed by atoms with van der Waals surface area (Å²) in [6.45, 7) is 13.7. The minimum Gasteiger partial charge on any atom is -0.474 e. The molecule has 0 unspecified atom stereocenters. The SMILES string of the molecule is C=C(OC(C)(C)C)N1CCC(C(=O)Nc2ccccc2Oc2cc(Cl)cc(CCC)c2)CC1. The topological polar surface area (TPSA) is 50.8 Å². The third-order valence-electron chi connectivity index (χ3n) is 5.48. The molecule has 1 saturated heterocycles. The van der Waals surface area contributed by atoms with Crippen LogP contribution in [0.2, 0.25) is 5.02 Å². The lowest BCUT2D eigenvalue weighted by Crippen LogP contribution is -2.39. The minimum absolute atomic E-state index is 0.00539. The van der Waals surface area contributed by atoms with Gasteiger partial charge in [-0.3, -0.25) is 4.79 Å². The number of para-hydroxylation sites is 2. The largest absolute Gasteiger partial charge is 0.474 e. The molecule has 6 heteroatoms. The summed E-state index contributed by atoms with van der Waals surface area (Å²) in [5.41, 5.74) is 1.50. The van der Waals surface area contributed by atoms with Gasteiger partial charge in [-0.15, -0.1) is 0 Å². The summed E-state index contributed by atoms with van der Waals surface area (Å²) < 4.78 is 12.0. The fourth-order valence-corrected chi connectivity index (χ4v) is 4.19. The maximum Gasteiger partial charge on any atom is 0.227 e. The van der Waals surface area contributed by atoms with Gasteiger partial charge in [0.1, 0.15) is 11.4 Å². The first-order valence-corrected chi connectivity index (χ1v) is 12.0. The van der Waals surface area contributed by atoms with Crippen molar-refractivity contribution in [3.8, 4) is 11.5 Å². The molecule has 0 atom stereocenters. The molecule has 1 heterocycles. The second kappa shape index (κ2) is 11.0. The molecule has 1 fully saturated rings. The molecule has 1 aliphatic rings. The van der Waals surface area contributed by atoms with Crippen LogP contribution >= 0.6 is 11.6 Å². The highest BCUT2D eigenvalue weighted by Crippen LogP contribution is 2.33. The quantitative estimate of drug-likeness (QED) is 0.421. The number of nitrogens with zero attached hydrogens (tertiary/aromatic N) is 1. The highest BCUT2D eigenvalue weighted by Gasteiger charge is 2.28. The van der Waals surface area contributed by atoms with Crippen molar-refractivity contribution in [3.05, 3.63) is 65.5 Å². The van der Waals surface area contributed by atoms with Gasteiger partial charge in [0.25, 0.3) is 0 Å². The van der Waals surface area contributed by atoms with Gasteiger partial charge in [-0.25, -0.2) is 0 Å². The average Bonchev–Trinajstić information content (AvgIpc) is 2.74. The molecule has 0 radical (unpaired) electrons. The van der Waals surface area contributed by atoms with Crippen LogP contribution in [0.1, 0.15) is 52.5 Å². The molecule has 1 amide bonds. The van der Waals surface area contributed by atoms with E-state index in [9.17, 15) is 4.79 Å². The van der Waals surface area contributed by atoms with Crippen molar-refractivity contribution in [2.75, 3.05) is 18.4 Å². The molecular formula is C27H35ClN2O3. The van der Waals surface area contributed by atoms with Gasteiger partial charge in [0.15, 0.2) is 11.6 Å². The monoisotopic (exact) mass is 470 g/mol. The molecular weight excluding hydrogens is 436 g/mol. The summed E-state index contributed by atoms with van der Waals surface area (Å²) in [5, 5.41) is 3.71. The summed E-state index contributed by atoms with van der Waals surface area (Å²) in [6, 6.07) is 13.2. The van der Waals surface area contributed by atoms with Crippen molar-refractivity contribution in [1.82, 2.24) is 4.90 Å². The van der Waals surface area contributed by atoms with Gasteiger partial charge in [-0.05, 0) is 82.5 Å². The van der Waals surface area contributed by atoms with Crippen molar-refractivity contribution in [3.63, 3.8) is 0 Å². The predicted octanol–water partition coefficient (Wildman–Crippen LogP) is 7.02. The van der Waals surface area contributed by atoms with Crippen LogP contribution < -0.4 is 10.1 Å². The van der Waals surface area contributed by atoms with E-state index < -0.39 is 0 Å². The number of amides is 1. The van der Waals surface area contributed by atoms with E-state index in [0.29, 0.717) is 28.1 Å². The number of hydrogen-bond donors (Lipinski definition) is 1. The van der Waals surface area contributed by atoms with Gasteiger partial charge >= 0.3 is 0 Å². The first kappa shape index (κ1) is 25.0. The number of benzene rings is 2. The van der Waals surface area contributed by atoms with E-state index in [4.69, 9.17) is 21.1 Å². The highest BCUT2D eigenvalue weighted by molar-refractivity contribution is 6.30. The Kier molecular flexibility index (Phi) is 8.30. The minimum atomic E-state index is -0.282. The van der Waals surface area contributed by atoms with Gasteiger partial charge in [0.2, 0.25) is 5.91 Å². The summed E-state index contributed by atoms with van der Waals surface area (Å²) in [6.07, 6.45) is 3.45. The third-order valence-corrected chi connectivity index (χ3v) is 5.70. The fourth-order valence-electron chi connectivity index (χ4n) is 3.94. The maximum atomic E-state index is 13.0. The zero-order chi connectivity index (χ0) is 24.0. The second-order valence-electron chi connectivity index (χ2n) is 9.50. The van der Waals surface area contributed by atoms with Crippen LogP contribution in [0.4, 0.5) is 5.69 Å². The van der Waals surface area contributed by atoms with Crippen molar-refractivity contribution >= 4 is 23.2 Å². The number of hydrogen-bond acceptors (Lipinski definition) is 4. The molecule has 1 aliphatic heterocycles. The van der Waals surface area contributed by atoms with E-state index in [2.05, 4.69) is 23.7 Å². The summed E-state index contributed by atoms with van der Waals surface area (Å²) >= 11 is 6.28. The number of carbonyl (C=O) groups excluding carboxylic acids is 1. The van der Waals surface area contributed by atoms with Crippen LogP contribution in [0.3, 0.4) is 0 Å². The number of piperidine rings is 1. The number of likely N-dealkylation sites (tertiary alicyclic amines) is 1. The van der Waals surface area contributed by atoms with E-state index in [1.807, 2.05) is 57.2 Å². The smallest absolute Gasteiger partial charge is 0.227 e. The number of carbonyl (C=O) groups is 1. The van der Waals surface area contributed by atoms with Gasteiger partial charge in [0.05, 0.1) is 5.69 Å². The molecule has 0 bridgehead atoms. The molecule has 0 aromatic heterocycles. The van der Waals surface area contributed by atoms with Crippen LogP contribution in [0.15, 0.2) is 54.9 Å². The zero-order valence-electron chi connectivity index (χ0n) is 20.1. The van der Waals surface area contributed by atoms with Crippen LogP contribution in [0, 0.1) is 5.92 Å². The first-order chi connectivity index (χ1) is 15.6. The number of halogens is 1. The predicted molar refractivity (Wildman–Crippen MR) is 135 cm³/mol.